The third kappa shape index (κ3) is 8.05. The highest BCUT2D eigenvalue weighted by Gasteiger charge is 2.41. The van der Waals surface area contributed by atoms with Crippen molar-refractivity contribution in [2.75, 3.05) is 17.2 Å². The van der Waals surface area contributed by atoms with E-state index in [1.54, 1.807) is 0 Å². The summed E-state index contributed by atoms with van der Waals surface area (Å²) in [7, 11) is -4.01. The van der Waals surface area contributed by atoms with Gasteiger partial charge in [0.25, 0.3) is 10.1 Å². The maximum atomic E-state index is 11.5. The Balaban J connectivity index is 1.25. The van der Waals surface area contributed by atoms with Crippen LogP contribution in [0.2, 0.25) is 0 Å². The quantitative estimate of drug-likeness (QED) is 0.114. The monoisotopic (exact) mass is 915 g/mol. The van der Waals surface area contributed by atoms with Gasteiger partial charge in [0.15, 0.2) is 0 Å². The second-order valence-corrected chi connectivity index (χ2v) is 20.5. The molecule has 0 saturated carbocycles. The second-order valence-electron chi connectivity index (χ2n) is 16.7. The lowest BCUT2D eigenvalue weighted by atomic mass is 9.78. The van der Waals surface area contributed by atoms with Gasteiger partial charge < -0.3 is 4.90 Å². The lowest BCUT2D eigenvalue weighted by molar-refractivity contribution is 0.480. The normalized spacial score (nSPS) is 19.4. The van der Waals surface area contributed by atoms with Crippen molar-refractivity contribution < 1.29 is 13.0 Å². The number of nitrogens with zero attached hydrogens (tertiary/aromatic N) is 1. The van der Waals surface area contributed by atoms with Crippen LogP contribution in [0.3, 0.4) is 0 Å². The number of rotatable bonds is 12. The SMILES string of the molecule is CCCCCC1=C(/C=C/C2=C(Cl)C(=C/C=C3/N(CCCCS(=O)(=O)O)c4ccc5cc(Br)ccc5c4C3(C)C)/CCC2)C(C)(C)c2c1ccc1cc(Br)ccc21. The van der Waals surface area contributed by atoms with Gasteiger partial charge in [-0.3, -0.25) is 4.55 Å². The lowest BCUT2D eigenvalue weighted by Gasteiger charge is -2.27. The first kappa shape index (κ1) is 41.2. The standard InChI is InChI=1S/C48H52Br2ClNO3S/c1-6-7-8-14-39-40-21-15-33-29-35(49)19-22-37(33)44(40)47(2,3)41(39)24-16-31-12-11-13-32(46(31)51)18-26-43-48(4,5)45-38-23-20-36(50)30-34(38)17-25-42(45)52(43)27-9-10-28-56(53,54)55/h15-26,29-30H,6-14,27-28H2,1-5H3,(H,53,54,55)/b24-16+,32-18+,43-26+. The van der Waals surface area contributed by atoms with E-state index in [0.717, 1.165) is 56.6 Å². The molecule has 3 aliphatic rings. The highest BCUT2D eigenvalue weighted by atomic mass is 79.9. The van der Waals surface area contributed by atoms with E-state index in [0.29, 0.717) is 19.4 Å². The molecule has 7 rings (SSSR count). The fourth-order valence-corrected chi connectivity index (χ4v) is 11.1. The number of fused-ring (bicyclic) bond motifs is 6. The molecule has 294 valence electrons. The van der Waals surface area contributed by atoms with Gasteiger partial charge in [-0.15, -0.1) is 0 Å². The van der Waals surface area contributed by atoms with Gasteiger partial charge in [-0.1, -0.05) is 139 Å². The minimum Gasteiger partial charge on any atom is -0.344 e. The number of anilines is 1. The molecule has 0 aromatic heterocycles. The van der Waals surface area contributed by atoms with E-state index < -0.39 is 10.1 Å². The molecule has 0 atom stereocenters. The molecular formula is C48H52Br2ClNO3S. The van der Waals surface area contributed by atoms with Crippen molar-refractivity contribution in [3.05, 3.63) is 138 Å². The van der Waals surface area contributed by atoms with E-state index in [9.17, 15) is 13.0 Å². The summed E-state index contributed by atoms with van der Waals surface area (Å²) in [6, 6.07) is 22.1. The largest absolute Gasteiger partial charge is 0.344 e. The van der Waals surface area contributed by atoms with E-state index >= 15 is 0 Å². The van der Waals surface area contributed by atoms with Gasteiger partial charge in [0, 0.05) is 42.7 Å². The average molecular weight is 918 g/mol. The number of unbranched alkanes of at least 4 members (excludes halogenated alkanes) is 3. The topological polar surface area (TPSA) is 57.6 Å². The Kier molecular flexibility index (Phi) is 12.1. The van der Waals surface area contributed by atoms with Crippen LogP contribution in [0.4, 0.5) is 5.69 Å². The Morgan fingerprint density at radius 3 is 2.16 bits per heavy atom. The summed E-state index contributed by atoms with van der Waals surface area (Å²) < 4.78 is 34.6. The smallest absolute Gasteiger partial charge is 0.264 e. The van der Waals surface area contributed by atoms with Crippen LogP contribution in [0.15, 0.2) is 121 Å². The highest BCUT2D eigenvalue weighted by molar-refractivity contribution is 9.10. The van der Waals surface area contributed by atoms with Crippen LogP contribution in [-0.2, 0) is 20.9 Å². The van der Waals surface area contributed by atoms with Gasteiger partial charge in [0.1, 0.15) is 0 Å². The predicted molar refractivity (Wildman–Crippen MR) is 245 cm³/mol. The Bertz CT molecular complexity index is 2490. The molecule has 0 saturated heterocycles. The first-order chi connectivity index (χ1) is 26.6. The minimum absolute atomic E-state index is 0.153. The van der Waals surface area contributed by atoms with Crippen molar-refractivity contribution in [3.63, 3.8) is 0 Å². The molecule has 1 aliphatic heterocycles. The molecule has 0 bridgehead atoms. The average Bonchev–Trinajstić information content (AvgIpc) is 3.50. The summed E-state index contributed by atoms with van der Waals surface area (Å²) in [4.78, 5) is 2.34. The summed E-state index contributed by atoms with van der Waals surface area (Å²) in [5.41, 5.74) is 11.1. The predicted octanol–water partition coefficient (Wildman–Crippen LogP) is 14.7. The zero-order chi connectivity index (χ0) is 40.0. The maximum Gasteiger partial charge on any atom is 0.264 e. The van der Waals surface area contributed by atoms with Crippen molar-refractivity contribution in [2.45, 2.75) is 103 Å². The van der Waals surface area contributed by atoms with Gasteiger partial charge >= 0.3 is 0 Å². The summed E-state index contributed by atoms with van der Waals surface area (Å²) in [5.74, 6) is -0.238. The number of hydrogen-bond donors (Lipinski definition) is 1. The molecule has 56 heavy (non-hydrogen) atoms. The molecule has 4 nitrogen and oxygen atoms in total. The third-order valence-corrected chi connectivity index (χ3v) is 14.4. The van der Waals surface area contributed by atoms with Gasteiger partial charge in [-0.25, -0.2) is 0 Å². The van der Waals surface area contributed by atoms with Crippen molar-refractivity contribution in [1.82, 2.24) is 0 Å². The molecule has 2 aliphatic carbocycles. The van der Waals surface area contributed by atoms with Crippen LogP contribution < -0.4 is 4.90 Å². The van der Waals surface area contributed by atoms with E-state index in [-0.39, 0.29) is 16.6 Å². The Hall–Kier alpha value is -2.94. The molecule has 4 aromatic carbocycles. The van der Waals surface area contributed by atoms with Gasteiger partial charge in [-0.2, -0.15) is 8.42 Å². The zero-order valence-electron chi connectivity index (χ0n) is 33.1. The molecule has 1 heterocycles. The Morgan fingerprint density at radius 2 is 1.48 bits per heavy atom. The summed E-state index contributed by atoms with van der Waals surface area (Å²) in [5, 5.41) is 5.80. The van der Waals surface area contributed by atoms with Gasteiger partial charge in [-0.05, 0) is 142 Å². The van der Waals surface area contributed by atoms with Crippen LogP contribution in [0, 0.1) is 0 Å². The third-order valence-electron chi connectivity index (χ3n) is 12.2. The number of halogens is 3. The summed E-state index contributed by atoms with van der Waals surface area (Å²) >= 11 is 14.7. The first-order valence-corrected chi connectivity index (χ1v) is 23.6. The molecule has 8 heteroatoms. The fourth-order valence-electron chi connectivity index (χ4n) is 9.44. The fraction of sp³-hybridized carbons (Fsp3) is 0.375. The van der Waals surface area contributed by atoms with Crippen LogP contribution in [0.1, 0.15) is 109 Å². The van der Waals surface area contributed by atoms with E-state index in [4.69, 9.17) is 11.6 Å². The second kappa shape index (κ2) is 16.4. The van der Waals surface area contributed by atoms with E-state index in [1.165, 1.54) is 74.2 Å². The van der Waals surface area contributed by atoms with Gasteiger partial charge in [0.05, 0.1) is 5.75 Å². The first-order valence-electron chi connectivity index (χ1n) is 20.0. The number of hydrogen-bond acceptors (Lipinski definition) is 3. The lowest BCUT2D eigenvalue weighted by Crippen LogP contribution is -2.27. The molecule has 0 amide bonds. The molecule has 0 fully saturated rings. The summed E-state index contributed by atoms with van der Waals surface area (Å²) in [6.45, 7) is 12.2. The van der Waals surface area contributed by atoms with Crippen LogP contribution >= 0.6 is 43.5 Å². The molecule has 4 aromatic rings. The molecule has 1 N–H and O–H groups in total. The molecule has 0 radical (unpaired) electrons. The van der Waals surface area contributed by atoms with Crippen LogP contribution in [0.25, 0.3) is 27.1 Å². The summed E-state index contributed by atoms with van der Waals surface area (Å²) in [6.07, 6.45) is 17.7. The van der Waals surface area contributed by atoms with Crippen LogP contribution in [0.5, 0.6) is 0 Å². The molecule has 0 spiro atoms. The Labute approximate surface area is 355 Å². The highest BCUT2D eigenvalue weighted by Crippen LogP contribution is 2.53. The van der Waals surface area contributed by atoms with Crippen LogP contribution in [-0.4, -0.2) is 25.3 Å². The molecular weight excluding hydrogens is 866 g/mol. The van der Waals surface area contributed by atoms with Crippen molar-refractivity contribution in [1.29, 1.82) is 0 Å². The maximum absolute atomic E-state index is 11.5. The van der Waals surface area contributed by atoms with Crippen molar-refractivity contribution >= 4 is 86.4 Å². The van der Waals surface area contributed by atoms with E-state index in [1.807, 2.05) is 0 Å². The van der Waals surface area contributed by atoms with Crippen molar-refractivity contribution in [3.8, 4) is 0 Å². The minimum atomic E-state index is -4.01. The number of allylic oxidation sites excluding steroid dienone is 10. The van der Waals surface area contributed by atoms with Gasteiger partial charge in [0.2, 0.25) is 0 Å². The number of benzene rings is 4. The van der Waals surface area contributed by atoms with E-state index in [2.05, 4.69) is 156 Å². The Morgan fingerprint density at radius 1 is 0.804 bits per heavy atom. The molecule has 0 unspecified atom stereocenters. The van der Waals surface area contributed by atoms with Crippen molar-refractivity contribution in [2.24, 2.45) is 0 Å². The zero-order valence-corrected chi connectivity index (χ0v) is 37.9.